The van der Waals surface area contributed by atoms with Crippen molar-refractivity contribution in [2.45, 2.75) is 76.0 Å². The number of benzene rings is 4. The fourth-order valence-corrected chi connectivity index (χ4v) is 6.76. The van der Waals surface area contributed by atoms with Gasteiger partial charge in [-0.25, -0.2) is 15.0 Å². The highest BCUT2D eigenvalue weighted by atomic mass is 35.5. The van der Waals surface area contributed by atoms with E-state index in [1.807, 2.05) is 66.7 Å². The molecule has 1 saturated carbocycles. The minimum Gasteiger partial charge on any atom is -0.208 e. The van der Waals surface area contributed by atoms with Crippen molar-refractivity contribution >= 4 is 11.6 Å². The molecule has 1 fully saturated rings. The van der Waals surface area contributed by atoms with Crippen molar-refractivity contribution < 1.29 is 0 Å². The van der Waals surface area contributed by atoms with E-state index in [2.05, 4.69) is 42.5 Å². The molecule has 1 heterocycles. The van der Waals surface area contributed by atoms with E-state index in [4.69, 9.17) is 26.6 Å². The molecule has 2 unspecified atom stereocenters. The zero-order valence-electron chi connectivity index (χ0n) is 24.8. The van der Waals surface area contributed by atoms with E-state index in [-0.39, 0.29) is 0 Å². The van der Waals surface area contributed by atoms with Crippen LogP contribution < -0.4 is 0 Å². The first-order valence-electron chi connectivity index (χ1n) is 16.0. The van der Waals surface area contributed by atoms with E-state index in [1.165, 1.54) is 75.3 Å². The van der Waals surface area contributed by atoms with E-state index in [0.29, 0.717) is 29.3 Å². The number of halogens is 1. The molecule has 0 saturated heterocycles. The molecule has 43 heavy (non-hydrogen) atoms. The Morgan fingerprint density at radius 3 is 1.42 bits per heavy atom. The van der Waals surface area contributed by atoms with Crippen LogP contribution >= 0.6 is 11.6 Å². The van der Waals surface area contributed by atoms with Crippen LogP contribution in [-0.2, 0) is 0 Å². The fraction of sp³-hybridized carbons (Fsp3) is 0.308. The molecule has 4 aromatic carbocycles. The van der Waals surface area contributed by atoms with Gasteiger partial charge in [-0.2, -0.15) is 0 Å². The molecule has 2 atom stereocenters. The second-order valence-corrected chi connectivity index (χ2v) is 12.3. The minimum atomic E-state index is 0.470. The Morgan fingerprint density at radius 2 is 0.860 bits per heavy atom. The van der Waals surface area contributed by atoms with E-state index < -0.39 is 0 Å². The lowest BCUT2D eigenvalue weighted by molar-refractivity contribution is 0.441. The SMILES string of the molecule is Clc1cc(-c2nc(-c3ccccc3)nc(-c3ccccc3)n2)cc(C2CCCCCCCC(c3ccccc3)CCC2)c1. The zero-order chi connectivity index (χ0) is 29.3. The standard InChI is InChI=1S/C39H40ClN3/c40-36-27-34(31-19-8-3-1-2-7-16-30(24-15-25-31)29-17-9-4-10-18-29)26-35(28-36)39-42-37(32-20-11-5-12-21-32)41-38(43-39)33-22-13-6-14-23-33/h4-6,9-14,17-18,20-23,26-28,30-31H,1-3,7-8,15-16,19,24-25H2. The van der Waals surface area contributed by atoms with E-state index >= 15 is 0 Å². The summed E-state index contributed by atoms with van der Waals surface area (Å²) < 4.78 is 0. The number of rotatable bonds is 5. The summed E-state index contributed by atoms with van der Waals surface area (Å²) >= 11 is 6.84. The Kier molecular flexibility index (Phi) is 9.92. The maximum Gasteiger partial charge on any atom is 0.164 e. The van der Waals surface area contributed by atoms with Crippen LogP contribution in [0, 0.1) is 0 Å². The van der Waals surface area contributed by atoms with Crippen molar-refractivity contribution in [3.8, 4) is 34.2 Å². The normalized spacial score (nSPS) is 18.3. The van der Waals surface area contributed by atoms with Gasteiger partial charge in [-0.05, 0) is 66.8 Å². The van der Waals surface area contributed by atoms with Crippen LogP contribution in [0.15, 0.2) is 109 Å². The van der Waals surface area contributed by atoms with Crippen LogP contribution in [0.1, 0.15) is 87.2 Å². The van der Waals surface area contributed by atoms with Crippen LogP contribution in [0.25, 0.3) is 34.2 Å². The molecule has 0 radical (unpaired) electrons. The molecular weight excluding hydrogens is 546 g/mol. The molecule has 0 aliphatic heterocycles. The van der Waals surface area contributed by atoms with Crippen LogP contribution in [0.4, 0.5) is 0 Å². The van der Waals surface area contributed by atoms with Crippen LogP contribution in [-0.4, -0.2) is 15.0 Å². The van der Waals surface area contributed by atoms with Crippen molar-refractivity contribution in [3.05, 3.63) is 125 Å². The van der Waals surface area contributed by atoms with Crippen molar-refractivity contribution in [1.29, 1.82) is 0 Å². The van der Waals surface area contributed by atoms with Gasteiger partial charge in [-0.1, -0.05) is 141 Å². The molecule has 1 aromatic heterocycles. The monoisotopic (exact) mass is 585 g/mol. The molecule has 5 aromatic rings. The Bertz CT molecular complexity index is 1530. The van der Waals surface area contributed by atoms with Gasteiger partial charge >= 0.3 is 0 Å². The Balaban J connectivity index is 1.32. The lowest BCUT2D eigenvalue weighted by atomic mass is 9.83. The molecule has 0 N–H and O–H groups in total. The molecule has 0 amide bonds. The van der Waals surface area contributed by atoms with Crippen LogP contribution in [0.2, 0.25) is 5.02 Å². The fourth-order valence-electron chi connectivity index (χ4n) is 6.52. The predicted molar refractivity (Wildman–Crippen MR) is 179 cm³/mol. The largest absolute Gasteiger partial charge is 0.208 e. The first-order chi connectivity index (χ1) is 21.2. The van der Waals surface area contributed by atoms with Gasteiger partial charge < -0.3 is 0 Å². The van der Waals surface area contributed by atoms with Crippen molar-refractivity contribution in [2.75, 3.05) is 0 Å². The van der Waals surface area contributed by atoms with Crippen molar-refractivity contribution in [3.63, 3.8) is 0 Å². The zero-order valence-corrected chi connectivity index (χ0v) is 25.6. The second kappa shape index (κ2) is 14.6. The van der Waals surface area contributed by atoms with Crippen molar-refractivity contribution in [1.82, 2.24) is 15.0 Å². The highest BCUT2D eigenvalue weighted by Gasteiger charge is 2.19. The summed E-state index contributed by atoms with van der Waals surface area (Å²) in [6.45, 7) is 0. The molecule has 0 bridgehead atoms. The molecule has 0 spiro atoms. The second-order valence-electron chi connectivity index (χ2n) is 11.9. The summed E-state index contributed by atoms with van der Waals surface area (Å²) in [6, 6.07) is 37.9. The molecule has 6 rings (SSSR count). The maximum absolute atomic E-state index is 6.84. The lowest BCUT2D eigenvalue weighted by Crippen LogP contribution is -2.05. The summed E-state index contributed by atoms with van der Waals surface area (Å²) in [5.41, 5.74) is 5.70. The molecule has 1 aliphatic rings. The van der Waals surface area contributed by atoms with Gasteiger partial charge in [0.15, 0.2) is 17.5 Å². The minimum absolute atomic E-state index is 0.470. The topological polar surface area (TPSA) is 38.7 Å². The number of hydrogen-bond donors (Lipinski definition) is 0. The summed E-state index contributed by atoms with van der Waals surface area (Å²) in [6.07, 6.45) is 12.7. The van der Waals surface area contributed by atoms with Gasteiger partial charge in [0.05, 0.1) is 0 Å². The van der Waals surface area contributed by atoms with Gasteiger partial charge in [0, 0.05) is 21.7 Å². The first-order valence-corrected chi connectivity index (χ1v) is 16.3. The van der Waals surface area contributed by atoms with E-state index in [9.17, 15) is 0 Å². The van der Waals surface area contributed by atoms with Gasteiger partial charge in [0.25, 0.3) is 0 Å². The molecule has 1 aliphatic carbocycles. The summed E-state index contributed by atoms with van der Waals surface area (Å²) in [7, 11) is 0. The Hall–Kier alpha value is -3.82. The van der Waals surface area contributed by atoms with Crippen LogP contribution in [0.5, 0.6) is 0 Å². The Labute approximate surface area is 261 Å². The highest BCUT2D eigenvalue weighted by molar-refractivity contribution is 6.31. The summed E-state index contributed by atoms with van der Waals surface area (Å²) in [5, 5.41) is 0.740. The number of hydrogen-bond acceptors (Lipinski definition) is 3. The van der Waals surface area contributed by atoms with E-state index in [0.717, 1.165) is 21.7 Å². The number of aromatic nitrogens is 3. The molecule has 218 valence electrons. The quantitative estimate of drug-likeness (QED) is 0.206. The van der Waals surface area contributed by atoms with Gasteiger partial charge in [-0.15, -0.1) is 0 Å². The van der Waals surface area contributed by atoms with Crippen LogP contribution in [0.3, 0.4) is 0 Å². The molecular formula is C39H40ClN3. The summed E-state index contributed by atoms with van der Waals surface area (Å²) in [5.74, 6) is 3.12. The first kappa shape index (κ1) is 29.3. The third-order valence-electron chi connectivity index (χ3n) is 8.83. The average molecular weight is 586 g/mol. The molecule has 3 nitrogen and oxygen atoms in total. The van der Waals surface area contributed by atoms with Gasteiger partial charge in [-0.3, -0.25) is 0 Å². The number of nitrogens with zero attached hydrogens (tertiary/aromatic N) is 3. The Morgan fingerprint density at radius 1 is 0.419 bits per heavy atom. The van der Waals surface area contributed by atoms with Gasteiger partial charge in [0.2, 0.25) is 0 Å². The maximum atomic E-state index is 6.84. The van der Waals surface area contributed by atoms with Crippen molar-refractivity contribution in [2.24, 2.45) is 0 Å². The lowest BCUT2D eigenvalue weighted by Gasteiger charge is -2.23. The average Bonchev–Trinajstić information content (AvgIpc) is 3.06. The predicted octanol–water partition coefficient (Wildman–Crippen LogP) is 11.3. The highest BCUT2D eigenvalue weighted by Crippen LogP contribution is 2.36. The summed E-state index contributed by atoms with van der Waals surface area (Å²) in [4.78, 5) is 14.8. The smallest absolute Gasteiger partial charge is 0.164 e. The third-order valence-corrected chi connectivity index (χ3v) is 9.05. The van der Waals surface area contributed by atoms with Gasteiger partial charge in [0.1, 0.15) is 0 Å². The molecule has 4 heteroatoms. The van der Waals surface area contributed by atoms with E-state index in [1.54, 1.807) is 0 Å². The third kappa shape index (κ3) is 7.77.